The number of amidine groups is 1. The number of nitrogens with two attached hydrogens (primary N) is 4. The highest BCUT2D eigenvalue weighted by Gasteiger charge is 2.10. The van der Waals surface area contributed by atoms with Gasteiger partial charge in [-0.1, -0.05) is 0 Å². The number of nitrogens with zero attached hydrogens (tertiary/aromatic N) is 1. The summed E-state index contributed by atoms with van der Waals surface area (Å²) in [4.78, 5) is 14.1. The monoisotopic (exact) mass is 201 g/mol. The molecule has 0 aliphatic heterocycles. The third-order valence-corrected chi connectivity index (χ3v) is 1.59. The van der Waals surface area contributed by atoms with Crippen LogP contribution in [-0.2, 0) is 4.79 Å². The molecule has 0 spiro atoms. The van der Waals surface area contributed by atoms with Crippen LogP contribution in [0.25, 0.3) is 0 Å². The smallest absolute Gasteiger partial charge is 0.322 e. The fraction of sp³-hybridized carbons (Fsp3) is 0.429. The first kappa shape index (κ1) is 12.2. The molecule has 0 radical (unpaired) electrons. The molecular weight excluding hydrogens is 186 g/mol. The lowest BCUT2D eigenvalue weighted by atomic mass is 10.2. The van der Waals surface area contributed by atoms with Crippen molar-refractivity contribution < 1.29 is 9.90 Å². The lowest BCUT2D eigenvalue weighted by Crippen LogP contribution is -2.34. The third kappa shape index (κ3) is 3.76. The van der Waals surface area contributed by atoms with Crippen LogP contribution in [0.1, 0.15) is 6.92 Å². The largest absolute Gasteiger partial charge is 0.480 e. The first-order valence-corrected chi connectivity index (χ1v) is 3.86. The Balaban J connectivity index is 4.41. The lowest BCUT2D eigenvalue weighted by Gasteiger charge is -2.05. The minimum Gasteiger partial charge on any atom is -0.480 e. The van der Waals surface area contributed by atoms with Crippen molar-refractivity contribution >= 4 is 11.8 Å². The van der Waals surface area contributed by atoms with Gasteiger partial charge in [-0.3, -0.25) is 9.79 Å². The van der Waals surface area contributed by atoms with Crippen LogP contribution in [0, 0.1) is 0 Å². The van der Waals surface area contributed by atoms with Gasteiger partial charge in [-0.2, -0.15) is 0 Å². The van der Waals surface area contributed by atoms with E-state index in [1.807, 2.05) is 0 Å². The Labute approximate surface area is 81.4 Å². The summed E-state index contributed by atoms with van der Waals surface area (Å²) in [5.41, 5.74) is 21.6. The number of carbonyl (C=O) groups is 1. The second-order valence-corrected chi connectivity index (χ2v) is 2.75. The van der Waals surface area contributed by atoms with Crippen molar-refractivity contribution in [3.63, 3.8) is 0 Å². The first-order chi connectivity index (χ1) is 6.36. The number of hydrogen-bond donors (Lipinski definition) is 5. The first-order valence-electron chi connectivity index (χ1n) is 3.86. The fourth-order valence-electron chi connectivity index (χ4n) is 0.541. The van der Waals surface area contributed by atoms with E-state index in [1.165, 1.54) is 0 Å². The summed E-state index contributed by atoms with van der Waals surface area (Å²) in [6.07, 6.45) is 0. The number of aliphatic imine (C=N–C) groups is 1. The molecular formula is C7H15N5O2. The van der Waals surface area contributed by atoms with E-state index in [0.717, 1.165) is 0 Å². The quantitative estimate of drug-likeness (QED) is 0.259. The SMILES string of the molecule is CC(C(N)=NCC(N)C(=O)O)=C(N)N. The van der Waals surface area contributed by atoms with Crippen LogP contribution < -0.4 is 22.9 Å². The van der Waals surface area contributed by atoms with Crippen LogP contribution in [0.15, 0.2) is 16.4 Å². The molecule has 0 aliphatic carbocycles. The van der Waals surface area contributed by atoms with Crippen molar-refractivity contribution in [2.24, 2.45) is 27.9 Å². The molecule has 0 amide bonds. The second kappa shape index (κ2) is 5.07. The predicted octanol–water partition coefficient (Wildman–Crippen LogP) is -2.10. The molecule has 7 heteroatoms. The average molecular weight is 201 g/mol. The molecule has 9 N–H and O–H groups in total. The zero-order chi connectivity index (χ0) is 11.3. The molecule has 1 atom stereocenters. The zero-order valence-corrected chi connectivity index (χ0v) is 7.90. The van der Waals surface area contributed by atoms with E-state index in [1.54, 1.807) is 6.92 Å². The van der Waals surface area contributed by atoms with Gasteiger partial charge in [-0.25, -0.2) is 0 Å². The van der Waals surface area contributed by atoms with E-state index in [9.17, 15) is 4.79 Å². The van der Waals surface area contributed by atoms with Crippen molar-refractivity contribution in [2.75, 3.05) is 6.54 Å². The highest BCUT2D eigenvalue weighted by molar-refractivity contribution is 5.97. The second-order valence-electron chi connectivity index (χ2n) is 2.75. The number of aliphatic carboxylic acids is 1. The van der Waals surface area contributed by atoms with E-state index < -0.39 is 12.0 Å². The van der Waals surface area contributed by atoms with Gasteiger partial charge in [-0.05, 0) is 6.92 Å². The van der Waals surface area contributed by atoms with E-state index in [2.05, 4.69) is 4.99 Å². The third-order valence-electron chi connectivity index (χ3n) is 1.59. The molecule has 80 valence electrons. The van der Waals surface area contributed by atoms with Crippen LogP contribution in [0.4, 0.5) is 0 Å². The predicted molar refractivity (Wildman–Crippen MR) is 53.2 cm³/mol. The summed E-state index contributed by atoms with van der Waals surface area (Å²) >= 11 is 0. The van der Waals surface area contributed by atoms with Gasteiger partial charge in [0.2, 0.25) is 0 Å². The molecule has 0 aliphatic rings. The number of carboxylic acids is 1. The minimum absolute atomic E-state index is 0.0511. The normalized spacial score (nSPS) is 13.4. The zero-order valence-electron chi connectivity index (χ0n) is 7.90. The molecule has 0 bridgehead atoms. The van der Waals surface area contributed by atoms with E-state index in [4.69, 9.17) is 28.0 Å². The Bertz CT molecular complexity index is 280. The highest BCUT2D eigenvalue weighted by Crippen LogP contribution is 1.93. The van der Waals surface area contributed by atoms with Gasteiger partial charge in [0.15, 0.2) is 0 Å². The van der Waals surface area contributed by atoms with Gasteiger partial charge in [-0.15, -0.1) is 0 Å². The Kier molecular flexibility index (Phi) is 4.44. The summed E-state index contributed by atoms with van der Waals surface area (Å²) in [7, 11) is 0. The van der Waals surface area contributed by atoms with E-state index in [-0.39, 0.29) is 18.2 Å². The summed E-state index contributed by atoms with van der Waals surface area (Å²) < 4.78 is 0. The molecule has 0 aromatic heterocycles. The van der Waals surface area contributed by atoms with Gasteiger partial charge in [0.05, 0.1) is 6.54 Å². The van der Waals surface area contributed by atoms with Crippen LogP contribution >= 0.6 is 0 Å². The van der Waals surface area contributed by atoms with Gasteiger partial charge < -0.3 is 28.0 Å². The number of carboxylic acid groups (broad SMARTS) is 1. The Morgan fingerprint density at radius 3 is 2.29 bits per heavy atom. The summed E-state index contributed by atoms with van der Waals surface area (Å²) in [6, 6.07) is -1.07. The standard InChI is InChI=1S/C7H15N5O2/c1-3(5(9)10)6(11)12-2-4(8)7(13)14/h4H,2,8-10H2,1H3,(H2,11,12)(H,13,14). The van der Waals surface area contributed by atoms with Crippen molar-refractivity contribution in [2.45, 2.75) is 13.0 Å². The molecule has 0 rings (SSSR count). The molecule has 0 fully saturated rings. The average Bonchev–Trinajstić information content (AvgIpc) is 2.11. The minimum atomic E-state index is -1.14. The van der Waals surface area contributed by atoms with Crippen molar-refractivity contribution in [1.82, 2.24) is 0 Å². The molecule has 7 nitrogen and oxygen atoms in total. The molecule has 0 aromatic rings. The summed E-state index contributed by atoms with van der Waals surface area (Å²) in [6.45, 7) is 1.48. The summed E-state index contributed by atoms with van der Waals surface area (Å²) in [5, 5.41) is 8.45. The van der Waals surface area contributed by atoms with Gasteiger partial charge in [0, 0.05) is 5.57 Å². The van der Waals surface area contributed by atoms with E-state index in [0.29, 0.717) is 5.57 Å². The number of hydrogen-bond acceptors (Lipinski definition) is 5. The van der Waals surface area contributed by atoms with Gasteiger partial charge >= 0.3 is 5.97 Å². The maximum atomic E-state index is 10.3. The van der Waals surface area contributed by atoms with Crippen molar-refractivity contribution in [3.05, 3.63) is 11.4 Å². The van der Waals surface area contributed by atoms with Crippen molar-refractivity contribution in [3.8, 4) is 0 Å². The fourth-order valence-corrected chi connectivity index (χ4v) is 0.541. The van der Waals surface area contributed by atoms with Crippen LogP contribution in [0.2, 0.25) is 0 Å². The van der Waals surface area contributed by atoms with E-state index >= 15 is 0 Å². The van der Waals surface area contributed by atoms with Crippen LogP contribution in [0.3, 0.4) is 0 Å². The Morgan fingerprint density at radius 1 is 1.43 bits per heavy atom. The molecule has 0 saturated heterocycles. The Morgan fingerprint density at radius 2 is 1.93 bits per heavy atom. The maximum Gasteiger partial charge on any atom is 0.322 e. The number of rotatable bonds is 4. The van der Waals surface area contributed by atoms with Gasteiger partial charge in [0.25, 0.3) is 0 Å². The summed E-state index contributed by atoms with van der Waals surface area (Å²) in [5.74, 6) is -0.985. The molecule has 0 heterocycles. The van der Waals surface area contributed by atoms with Gasteiger partial charge in [0.1, 0.15) is 17.7 Å². The molecule has 0 saturated carbocycles. The Hall–Kier alpha value is -1.76. The van der Waals surface area contributed by atoms with Crippen LogP contribution in [0.5, 0.6) is 0 Å². The molecule has 0 aromatic carbocycles. The van der Waals surface area contributed by atoms with Crippen LogP contribution in [-0.4, -0.2) is 29.5 Å². The molecule has 14 heavy (non-hydrogen) atoms. The highest BCUT2D eigenvalue weighted by atomic mass is 16.4. The lowest BCUT2D eigenvalue weighted by molar-refractivity contribution is -0.138. The maximum absolute atomic E-state index is 10.3. The van der Waals surface area contributed by atoms with Crippen molar-refractivity contribution in [1.29, 1.82) is 0 Å². The topological polar surface area (TPSA) is 154 Å². The molecule has 1 unspecified atom stereocenters.